The van der Waals surface area contributed by atoms with E-state index in [0.717, 1.165) is 4.47 Å². The standard InChI is InChI=1S/C28H26Br2N4O5/c1-5-38-24-12-18(22(30)14-25(24)39-16-17-7-6-8-20(11-17)34(36)37)15-31-33-26(35)21-13-19(29)9-10-23(21)32-27(33)28(2,3)4/h6-15H,5,16H2,1-4H3. The molecule has 1 aromatic heterocycles. The average Bonchev–Trinajstić information content (AvgIpc) is 2.88. The van der Waals surface area contributed by atoms with Crippen LogP contribution >= 0.6 is 31.9 Å². The average molecular weight is 658 g/mol. The molecule has 0 saturated heterocycles. The summed E-state index contributed by atoms with van der Waals surface area (Å²) in [5.74, 6) is 1.45. The summed E-state index contributed by atoms with van der Waals surface area (Å²) in [7, 11) is 0. The van der Waals surface area contributed by atoms with E-state index >= 15 is 0 Å². The fourth-order valence-corrected chi connectivity index (χ4v) is 4.60. The predicted molar refractivity (Wildman–Crippen MR) is 158 cm³/mol. The molecule has 0 N–H and O–H groups in total. The number of ether oxygens (including phenoxy) is 2. The van der Waals surface area contributed by atoms with Crippen LogP contribution in [0.1, 0.15) is 44.6 Å². The minimum atomic E-state index is -0.449. The molecule has 1 heterocycles. The third-order valence-corrected chi connectivity index (χ3v) is 6.85. The van der Waals surface area contributed by atoms with E-state index in [1.807, 2.05) is 33.8 Å². The number of halogens is 2. The molecular formula is C28H26Br2N4O5. The number of benzene rings is 3. The number of nitro benzene ring substituents is 1. The van der Waals surface area contributed by atoms with Crippen molar-refractivity contribution < 1.29 is 14.4 Å². The molecule has 3 aromatic carbocycles. The highest BCUT2D eigenvalue weighted by atomic mass is 79.9. The second kappa shape index (κ2) is 11.7. The Kier molecular flexibility index (Phi) is 8.51. The lowest BCUT2D eigenvalue weighted by atomic mass is 9.95. The third-order valence-electron chi connectivity index (χ3n) is 5.67. The summed E-state index contributed by atoms with van der Waals surface area (Å²) >= 11 is 6.99. The highest BCUT2D eigenvalue weighted by Gasteiger charge is 2.23. The zero-order chi connectivity index (χ0) is 28.3. The molecule has 0 aliphatic rings. The number of nitrogens with zero attached hydrogens (tertiary/aromatic N) is 4. The summed E-state index contributed by atoms with van der Waals surface area (Å²) in [6.45, 7) is 8.28. The van der Waals surface area contributed by atoms with E-state index in [1.54, 1.807) is 42.6 Å². The largest absolute Gasteiger partial charge is 0.490 e. The Morgan fingerprint density at radius 3 is 2.51 bits per heavy atom. The molecule has 0 amide bonds. The molecule has 0 atom stereocenters. The van der Waals surface area contributed by atoms with Gasteiger partial charge in [0.25, 0.3) is 11.2 Å². The highest BCUT2D eigenvalue weighted by Crippen LogP contribution is 2.34. The van der Waals surface area contributed by atoms with E-state index in [1.165, 1.54) is 16.8 Å². The molecule has 11 heteroatoms. The molecular weight excluding hydrogens is 632 g/mol. The SMILES string of the molecule is CCOc1cc(C=Nn2c(C(C)(C)C)nc3ccc(Br)cc3c2=O)c(Br)cc1OCc1cccc([N+](=O)[O-])c1. The fourth-order valence-electron chi connectivity index (χ4n) is 3.81. The zero-order valence-corrected chi connectivity index (χ0v) is 24.9. The van der Waals surface area contributed by atoms with Crippen molar-refractivity contribution in [2.45, 2.75) is 39.7 Å². The lowest BCUT2D eigenvalue weighted by Crippen LogP contribution is -2.29. The number of hydrogen-bond acceptors (Lipinski definition) is 7. The molecule has 0 fully saturated rings. The highest BCUT2D eigenvalue weighted by molar-refractivity contribution is 9.10. The first kappa shape index (κ1) is 28.4. The van der Waals surface area contributed by atoms with Crippen molar-refractivity contribution in [3.63, 3.8) is 0 Å². The second-order valence-corrected chi connectivity index (χ2v) is 11.4. The van der Waals surface area contributed by atoms with Crippen LogP contribution in [0.15, 0.2) is 73.4 Å². The van der Waals surface area contributed by atoms with Crippen molar-refractivity contribution in [1.29, 1.82) is 0 Å². The van der Waals surface area contributed by atoms with Gasteiger partial charge in [0.1, 0.15) is 12.4 Å². The Morgan fingerprint density at radius 2 is 1.82 bits per heavy atom. The monoisotopic (exact) mass is 656 g/mol. The quantitative estimate of drug-likeness (QED) is 0.115. The van der Waals surface area contributed by atoms with Gasteiger partial charge in [0.15, 0.2) is 11.5 Å². The third kappa shape index (κ3) is 6.54. The number of aromatic nitrogens is 2. The minimum absolute atomic E-state index is 0.00530. The molecule has 0 bridgehead atoms. The van der Waals surface area contributed by atoms with Gasteiger partial charge in [0.05, 0.1) is 28.6 Å². The topological polar surface area (TPSA) is 109 Å². The van der Waals surface area contributed by atoms with Gasteiger partial charge in [0, 0.05) is 32.1 Å². The molecule has 0 radical (unpaired) electrons. The molecule has 9 nitrogen and oxygen atoms in total. The van der Waals surface area contributed by atoms with E-state index in [0.29, 0.717) is 50.4 Å². The second-order valence-electron chi connectivity index (χ2n) is 9.68. The van der Waals surface area contributed by atoms with Gasteiger partial charge >= 0.3 is 0 Å². The van der Waals surface area contributed by atoms with Crippen molar-refractivity contribution in [2.24, 2.45) is 5.10 Å². The van der Waals surface area contributed by atoms with Gasteiger partial charge in [-0.2, -0.15) is 9.78 Å². The van der Waals surface area contributed by atoms with Crippen LogP contribution in [0.3, 0.4) is 0 Å². The number of non-ortho nitro benzene ring substituents is 1. The van der Waals surface area contributed by atoms with Crippen molar-refractivity contribution >= 4 is 54.7 Å². The molecule has 0 aliphatic heterocycles. The summed E-state index contributed by atoms with van der Waals surface area (Å²) < 4.78 is 14.5. The summed E-state index contributed by atoms with van der Waals surface area (Å²) in [6.07, 6.45) is 1.57. The molecule has 0 aliphatic carbocycles. The maximum atomic E-state index is 13.5. The molecule has 4 aromatic rings. The van der Waals surface area contributed by atoms with Crippen LogP contribution in [0.2, 0.25) is 0 Å². The zero-order valence-electron chi connectivity index (χ0n) is 21.8. The van der Waals surface area contributed by atoms with E-state index in [-0.39, 0.29) is 17.9 Å². The van der Waals surface area contributed by atoms with Crippen LogP contribution in [-0.4, -0.2) is 27.4 Å². The first-order valence-corrected chi connectivity index (χ1v) is 13.7. The summed E-state index contributed by atoms with van der Waals surface area (Å²) in [4.78, 5) is 28.8. The van der Waals surface area contributed by atoms with E-state index in [4.69, 9.17) is 14.5 Å². The molecule has 0 saturated carbocycles. The van der Waals surface area contributed by atoms with Gasteiger partial charge in [-0.05, 0) is 58.7 Å². The molecule has 0 spiro atoms. The van der Waals surface area contributed by atoms with Crippen molar-refractivity contribution in [1.82, 2.24) is 9.66 Å². The minimum Gasteiger partial charge on any atom is -0.490 e. The van der Waals surface area contributed by atoms with Crippen molar-refractivity contribution in [2.75, 3.05) is 6.61 Å². The maximum Gasteiger partial charge on any atom is 0.282 e. The number of fused-ring (bicyclic) bond motifs is 1. The van der Waals surface area contributed by atoms with Gasteiger partial charge < -0.3 is 9.47 Å². The van der Waals surface area contributed by atoms with Gasteiger partial charge in [0.2, 0.25) is 0 Å². The number of hydrogen-bond donors (Lipinski definition) is 0. The lowest BCUT2D eigenvalue weighted by Gasteiger charge is -2.21. The van der Waals surface area contributed by atoms with Crippen molar-refractivity contribution in [3.05, 3.63) is 101 Å². The van der Waals surface area contributed by atoms with E-state index in [9.17, 15) is 14.9 Å². The van der Waals surface area contributed by atoms with E-state index < -0.39 is 10.3 Å². The molecule has 0 unspecified atom stereocenters. The fraction of sp³-hybridized carbons (Fsp3) is 0.250. The summed E-state index contributed by atoms with van der Waals surface area (Å²) in [6, 6.07) is 15.2. The van der Waals surface area contributed by atoms with Crippen LogP contribution in [0, 0.1) is 10.1 Å². The number of rotatable bonds is 8. The van der Waals surface area contributed by atoms with Gasteiger partial charge in [-0.1, -0.05) is 48.8 Å². The van der Waals surface area contributed by atoms with Crippen molar-refractivity contribution in [3.8, 4) is 11.5 Å². The Bertz CT molecular complexity index is 1640. The Balaban J connectivity index is 1.71. The Labute approximate surface area is 241 Å². The van der Waals surface area contributed by atoms with Crippen LogP contribution < -0.4 is 15.0 Å². The lowest BCUT2D eigenvalue weighted by molar-refractivity contribution is -0.384. The summed E-state index contributed by atoms with van der Waals surface area (Å²) in [5, 5.41) is 16.1. The molecule has 39 heavy (non-hydrogen) atoms. The normalized spacial score (nSPS) is 11.7. The van der Waals surface area contributed by atoms with Crippen LogP contribution in [-0.2, 0) is 12.0 Å². The van der Waals surface area contributed by atoms with Gasteiger partial charge in [-0.3, -0.25) is 14.9 Å². The van der Waals surface area contributed by atoms with Gasteiger partial charge in [-0.15, -0.1) is 0 Å². The molecule has 4 rings (SSSR count). The van der Waals surface area contributed by atoms with Crippen LogP contribution in [0.25, 0.3) is 10.9 Å². The molecule has 202 valence electrons. The van der Waals surface area contributed by atoms with E-state index in [2.05, 4.69) is 37.0 Å². The maximum absolute atomic E-state index is 13.5. The van der Waals surface area contributed by atoms with Gasteiger partial charge in [-0.25, -0.2) is 4.98 Å². The smallest absolute Gasteiger partial charge is 0.282 e. The first-order chi connectivity index (χ1) is 18.5. The predicted octanol–water partition coefficient (Wildman–Crippen LogP) is 6.99. The number of nitro groups is 1. The Hall–Kier alpha value is -3.57. The van der Waals surface area contributed by atoms with Crippen LogP contribution in [0.4, 0.5) is 5.69 Å². The summed E-state index contributed by atoms with van der Waals surface area (Å²) in [5.41, 5.74) is 1.18. The Morgan fingerprint density at radius 1 is 1.08 bits per heavy atom. The first-order valence-electron chi connectivity index (χ1n) is 12.1. The van der Waals surface area contributed by atoms with Crippen LogP contribution in [0.5, 0.6) is 11.5 Å².